The van der Waals surface area contributed by atoms with E-state index in [0.29, 0.717) is 29.9 Å². The summed E-state index contributed by atoms with van der Waals surface area (Å²) in [6.07, 6.45) is 5.24. The zero-order valence-corrected chi connectivity index (χ0v) is 25.5. The van der Waals surface area contributed by atoms with E-state index in [1.54, 1.807) is 0 Å². The van der Waals surface area contributed by atoms with Crippen molar-refractivity contribution in [1.82, 2.24) is 25.1 Å². The highest BCUT2D eigenvalue weighted by Crippen LogP contribution is 2.33. The number of aromatic nitrogens is 2. The number of nitrogens with one attached hydrogen (secondary N) is 2. The van der Waals surface area contributed by atoms with Gasteiger partial charge in [-0.25, -0.2) is 9.97 Å². The number of aryl methyl sites for hydroxylation is 2. The number of hydrogen-bond donors (Lipinski definition) is 2. The third-order valence-corrected chi connectivity index (χ3v) is 9.61. The maximum atomic E-state index is 13.6. The molecule has 2 unspecified atom stereocenters. The normalized spacial score (nSPS) is 21.1. The zero-order valence-electron chi connectivity index (χ0n) is 25.5. The van der Waals surface area contributed by atoms with Gasteiger partial charge in [0.1, 0.15) is 0 Å². The van der Waals surface area contributed by atoms with Gasteiger partial charge in [0.05, 0.1) is 23.0 Å². The topological polar surface area (TPSA) is 90.5 Å². The van der Waals surface area contributed by atoms with Crippen molar-refractivity contribution in [3.8, 4) is 0 Å². The molecule has 2 aliphatic heterocycles. The van der Waals surface area contributed by atoms with Crippen LogP contribution in [-0.4, -0.2) is 64.3 Å². The Balaban J connectivity index is 1.02. The van der Waals surface area contributed by atoms with Crippen molar-refractivity contribution >= 4 is 17.8 Å². The molecule has 3 heterocycles. The second kappa shape index (κ2) is 13.2. The number of carbonyl (C=O) groups excluding carboxylic acids is 2. The second-order valence-electron chi connectivity index (χ2n) is 12.7. The third-order valence-electron chi connectivity index (χ3n) is 9.61. The predicted octanol–water partition coefficient (Wildman–Crippen LogP) is 5.15. The molecule has 3 aliphatic rings. The van der Waals surface area contributed by atoms with Gasteiger partial charge in [-0.15, -0.1) is 0 Å². The number of likely N-dealkylation sites (tertiary alicyclic amines) is 2. The van der Waals surface area contributed by atoms with Crippen molar-refractivity contribution in [1.29, 1.82) is 0 Å². The van der Waals surface area contributed by atoms with Crippen molar-refractivity contribution in [2.24, 2.45) is 17.8 Å². The van der Waals surface area contributed by atoms with Crippen LogP contribution in [0.25, 0.3) is 0 Å². The van der Waals surface area contributed by atoms with Crippen LogP contribution >= 0.6 is 0 Å². The molecule has 6 rings (SSSR count). The van der Waals surface area contributed by atoms with Crippen LogP contribution in [0.1, 0.15) is 71.0 Å². The average molecular weight is 581 g/mol. The van der Waals surface area contributed by atoms with Gasteiger partial charge in [-0.05, 0) is 56.1 Å². The third kappa shape index (κ3) is 6.90. The minimum absolute atomic E-state index is 0.0314. The van der Waals surface area contributed by atoms with Crippen LogP contribution in [0.3, 0.4) is 0 Å². The Hall–Kier alpha value is -3.78. The zero-order chi connectivity index (χ0) is 29.8. The molecule has 3 atom stereocenters. The lowest BCUT2D eigenvalue weighted by molar-refractivity contribution is -0.125. The molecule has 8 nitrogen and oxygen atoms in total. The van der Waals surface area contributed by atoms with Gasteiger partial charge in [-0.1, -0.05) is 73.5 Å². The first-order valence-electron chi connectivity index (χ1n) is 15.9. The van der Waals surface area contributed by atoms with Crippen LogP contribution < -0.4 is 10.6 Å². The summed E-state index contributed by atoms with van der Waals surface area (Å²) in [6, 6.07) is 20.6. The fourth-order valence-electron chi connectivity index (χ4n) is 7.28. The summed E-state index contributed by atoms with van der Waals surface area (Å²) in [5, 5.41) is 6.68. The molecular formula is C35H44N6O2. The standard InChI is InChI=1S/C35H44N6O2/c1-24-32(25(2)38-35(37-24)36-19-26-11-5-3-6-12-26)34(43)41-22-29-20-40(21-30(29)23-41)18-17-31(27-13-7-4-8-14-27)39-33(42)28-15-9-10-16-28/h3-8,11-14,28-31H,9-10,15-23H2,1-2H3,(H,39,42)(H,36,37,38)/t29-,30?,31?/m0/s1. The van der Waals surface area contributed by atoms with Crippen LogP contribution in [0.15, 0.2) is 60.7 Å². The highest BCUT2D eigenvalue weighted by Gasteiger charge is 2.42. The van der Waals surface area contributed by atoms with Gasteiger partial charge in [-0.2, -0.15) is 0 Å². The minimum atomic E-state index is 0.0314. The summed E-state index contributed by atoms with van der Waals surface area (Å²) in [5.74, 6) is 1.93. The van der Waals surface area contributed by atoms with Gasteiger partial charge in [0.25, 0.3) is 5.91 Å². The highest BCUT2D eigenvalue weighted by atomic mass is 16.2. The number of anilines is 1. The monoisotopic (exact) mass is 580 g/mol. The van der Waals surface area contributed by atoms with Crippen LogP contribution in [-0.2, 0) is 11.3 Å². The summed E-state index contributed by atoms with van der Waals surface area (Å²) in [7, 11) is 0. The van der Waals surface area contributed by atoms with E-state index < -0.39 is 0 Å². The smallest absolute Gasteiger partial charge is 0.257 e. The first kappa shape index (κ1) is 29.3. The van der Waals surface area contributed by atoms with E-state index in [1.807, 2.05) is 43.0 Å². The first-order valence-corrected chi connectivity index (χ1v) is 15.9. The highest BCUT2D eigenvalue weighted by molar-refractivity contribution is 5.96. The van der Waals surface area contributed by atoms with Gasteiger partial charge in [0.15, 0.2) is 0 Å². The molecule has 0 bridgehead atoms. The van der Waals surface area contributed by atoms with Crippen LogP contribution in [0, 0.1) is 31.6 Å². The Bertz CT molecular complexity index is 1370. The van der Waals surface area contributed by atoms with Crippen LogP contribution in [0.2, 0.25) is 0 Å². The van der Waals surface area contributed by atoms with Crippen molar-refractivity contribution in [3.63, 3.8) is 0 Å². The molecule has 1 aliphatic carbocycles. The fraction of sp³-hybridized carbons (Fsp3) is 0.486. The number of benzene rings is 2. The fourth-order valence-corrected chi connectivity index (χ4v) is 7.28. The van der Waals surface area contributed by atoms with Crippen molar-refractivity contribution in [3.05, 3.63) is 88.7 Å². The van der Waals surface area contributed by atoms with E-state index >= 15 is 0 Å². The summed E-state index contributed by atoms with van der Waals surface area (Å²) >= 11 is 0. The van der Waals surface area contributed by atoms with Gasteiger partial charge in [-0.3, -0.25) is 9.59 Å². The Morgan fingerprint density at radius 2 is 1.47 bits per heavy atom. The molecule has 43 heavy (non-hydrogen) atoms. The van der Waals surface area contributed by atoms with Crippen LogP contribution in [0.4, 0.5) is 5.95 Å². The molecule has 1 saturated carbocycles. The summed E-state index contributed by atoms with van der Waals surface area (Å²) < 4.78 is 0. The number of rotatable bonds is 10. The first-order chi connectivity index (χ1) is 20.9. The maximum Gasteiger partial charge on any atom is 0.257 e. The van der Waals surface area contributed by atoms with Gasteiger partial charge in [0.2, 0.25) is 11.9 Å². The quantitative estimate of drug-likeness (QED) is 0.345. The van der Waals surface area contributed by atoms with Gasteiger partial charge in [0, 0.05) is 45.2 Å². The molecule has 1 aromatic heterocycles. The summed E-state index contributed by atoms with van der Waals surface area (Å²) in [4.78, 5) is 40.4. The van der Waals surface area contributed by atoms with E-state index in [0.717, 1.165) is 81.8 Å². The molecule has 2 saturated heterocycles. The van der Waals surface area contributed by atoms with E-state index in [2.05, 4.69) is 61.9 Å². The largest absolute Gasteiger partial charge is 0.350 e. The second-order valence-corrected chi connectivity index (χ2v) is 12.7. The molecule has 2 N–H and O–H groups in total. The maximum absolute atomic E-state index is 13.6. The van der Waals surface area contributed by atoms with Gasteiger partial charge < -0.3 is 20.4 Å². The van der Waals surface area contributed by atoms with Crippen molar-refractivity contribution in [2.75, 3.05) is 38.0 Å². The number of nitrogens with zero attached hydrogens (tertiary/aromatic N) is 4. The van der Waals surface area contributed by atoms with E-state index in [1.165, 1.54) is 5.56 Å². The van der Waals surface area contributed by atoms with Crippen molar-refractivity contribution in [2.45, 2.75) is 58.5 Å². The van der Waals surface area contributed by atoms with Crippen molar-refractivity contribution < 1.29 is 9.59 Å². The van der Waals surface area contributed by atoms with Crippen LogP contribution in [0.5, 0.6) is 0 Å². The summed E-state index contributed by atoms with van der Waals surface area (Å²) in [5.41, 5.74) is 4.41. The SMILES string of the molecule is Cc1nc(NCc2ccccc2)nc(C)c1C(=O)N1CC2CN(CCC(NC(=O)C3CCCC3)c3ccccc3)C[C@H]2C1. The summed E-state index contributed by atoms with van der Waals surface area (Å²) in [6.45, 7) is 8.91. The molecule has 3 fully saturated rings. The molecule has 3 aromatic rings. The van der Waals surface area contributed by atoms with E-state index in [9.17, 15) is 9.59 Å². The predicted molar refractivity (Wildman–Crippen MR) is 168 cm³/mol. The number of carbonyl (C=O) groups is 2. The molecule has 0 radical (unpaired) electrons. The Kier molecular flexibility index (Phi) is 9.03. The lowest BCUT2D eigenvalue weighted by Gasteiger charge is -2.26. The van der Waals surface area contributed by atoms with E-state index in [4.69, 9.17) is 0 Å². The molecular weight excluding hydrogens is 536 g/mol. The van der Waals surface area contributed by atoms with Gasteiger partial charge >= 0.3 is 0 Å². The number of hydrogen-bond acceptors (Lipinski definition) is 6. The molecule has 0 spiro atoms. The minimum Gasteiger partial charge on any atom is -0.350 e. The average Bonchev–Trinajstić information content (AvgIpc) is 3.77. The Morgan fingerprint density at radius 1 is 0.860 bits per heavy atom. The molecule has 226 valence electrons. The molecule has 2 aromatic carbocycles. The lowest BCUT2D eigenvalue weighted by Crippen LogP contribution is -2.37. The number of amides is 2. The molecule has 2 amide bonds. The molecule has 8 heteroatoms. The van der Waals surface area contributed by atoms with E-state index in [-0.39, 0.29) is 23.8 Å². The lowest BCUT2D eigenvalue weighted by atomic mass is 10.0. The Morgan fingerprint density at radius 3 is 2.09 bits per heavy atom. The Labute approximate surface area is 255 Å². The number of fused-ring (bicyclic) bond motifs is 1.